The highest BCUT2D eigenvalue weighted by atomic mass is 16.5. The number of nitriles is 1. The van der Waals surface area contributed by atoms with Gasteiger partial charge in [-0.25, -0.2) is 0 Å². The summed E-state index contributed by atoms with van der Waals surface area (Å²) in [5.41, 5.74) is 1.84. The summed E-state index contributed by atoms with van der Waals surface area (Å²) in [7, 11) is 1.70. The lowest BCUT2D eigenvalue weighted by Gasteiger charge is -2.32. The predicted molar refractivity (Wildman–Crippen MR) is 89.1 cm³/mol. The fourth-order valence-electron chi connectivity index (χ4n) is 2.78. The molecule has 0 bridgehead atoms. The van der Waals surface area contributed by atoms with Crippen molar-refractivity contribution in [3.63, 3.8) is 0 Å². The van der Waals surface area contributed by atoms with Crippen molar-refractivity contribution in [3.8, 4) is 17.6 Å². The Morgan fingerprint density at radius 2 is 2.14 bits per heavy atom. The molecule has 1 aromatic rings. The molecule has 1 heterocycles. The normalized spacial score (nSPS) is 19.2. The van der Waals surface area contributed by atoms with Crippen molar-refractivity contribution in [2.75, 3.05) is 7.11 Å². The van der Waals surface area contributed by atoms with E-state index in [-0.39, 0.29) is 0 Å². The average molecular weight is 299 g/mol. The Labute approximate surface area is 133 Å². The molecule has 0 fully saturated rings. The molecule has 1 unspecified atom stereocenters. The molecule has 2 rings (SSSR count). The zero-order valence-electron chi connectivity index (χ0n) is 13.8. The summed E-state index contributed by atoms with van der Waals surface area (Å²) in [5, 5.41) is 8.80. The van der Waals surface area contributed by atoms with Crippen molar-refractivity contribution in [1.82, 2.24) is 0 Å². The highest BCUT2D eigenvalue weighted by molar-refractivity contribution is 5.68. The van der Waals surface area contributed by atoms with Gasteiger partial charge in [-0.1, -0.05) is 19.8 Å². The summed E-state index contributed by atoms with van der Waals surface area (Å²) in [6.45, 7) is 4.24. The molecule has 1 aromatic carbocycles. The minimum Gasteiger partial charge on any atom is -0.496 e. The van der Waals surface area contributed by atoms with E-state index in [0.29, 0.717) is 12.8 Å². The molecule has 1 atom stereocenters. The van der Waals surface area contributed by atoms with Gasteiger partial charge in [-0.2, -0.15) is 5.26 Å². The van der Waals surface area contributed by atoms with Gasteiger partial charge in [-0.15, -0.1) is 0 Å². The Balaban J connectivity index is 2.25. The number of nitrogens with zero attached hydrogens (tertiary/aromatic N) is 1. The second-order valence-corrected chi connectivity index (χ2v) is 6.07. The summed E-state index contributed by atoms with van der Waals surface area (Å²) in [4.78, 5) is 0. The average Bonchev–Trinajstić information content (AvgIpc) is 2.52. The van der Waals surface area contributed by atoms with Gasteiger partial charge in [0.25, 0.3) is 0 Å². The van der Waals surface area contributed by atoms with E-state index in [0.717, 1.165) is 23.5 Å². The number of methoxy groups -OCH3 is 1. The number of hydrogen-bond donors (Lipinski definition) is 0. The van der Waals surface area contributed by atoms with Crippen LogP contribution in [0.5, 0.6) is 11.5 Å². The molecular weight excluding hydrogens is 274 g/mol. The van der Waals surface area contributed by atoms with E-state index in [1.54, 1.807) is 7.11 Å². The Bertz CT molecular complexity index is 586. The van der Waals surface area contributed by atoms with Crippen LogP contribution in [0.1, 0.15) is 57.1 Å². The Hall–Kier alpha value is -1.95. The van der Waals surface area contributed by atoms with E-state index in [9.17, 15) is 0 Å². The molecule has 0 aliphatic carbocycles. The van der Waals surface area contributed by atoms with Crippen LogP contribution in [0.3, 0.4) is 0 Å². The van der Waals surface area contributed by atoms with Crippen LogP contribution in [0.2, 0.25) is 0 Å². The number of fused-ring (bicyclic) bond motifs is 1. The number of ether oxygens (including phenoxy) is 2. The van der Waals surface area contributed by atoms with Crippen LogP contribution in [0.15, 0.2) is 18.2 Å². The molecule has 1 aliphatic heterocycles. The lowest BCUT2D eigenvalue weighted by atomic mass is 9.94. The fraction of sp³-hybridized carbons (Fsp3) is 0.526. The van der Waals surface area contributed by atoms with Crippen LogP contribution in [-0.4, -0.2) is 12.7 Å². The van der Waals surface area contributed by atoms with Gasteiger partial charge in [0.05, 0.1) is 18.7 Å². The predicted octanol–water partition coefficient (Wildman–Crippen LogP) is 4.90. The van der Waals surface area contributed by atoms with Gasteiger partial charge in [0.1, 0.15) is 17.1 Å². The highest BCUT2D eigenvalue weighted by Gasteiger charge is 2.28. The van der Waals surface area contributed by atoms with Crippen molar-refractivity contribution in [1.29, 1.82) is 5.26 Å². The minimum atomic E-state index is -0.407. The lowest BCUT2D eigenvalue weighted by molar-refractivity contribution is 0.128. The van der Waals surface area contributed by atoms with Crippen LogP contribution in [0.25, 0.3) is 6.08 Å². The molecule has 0 radical (unpaired) electrons. The molecule has 1 aliphatic rings. The van der Waals surface area contributed by atoms with Crippen LogP contribution in [-0.2, 0) is 6.42 Å². The monoisotopic (exact) mass is 299 g/mol. The summed E-state index contributed by atoms with van der Waals surface area (Å²) >= 11 is 0. The van der Waals surface area contributed by atoms with E-state index in [2.05, 4.69) is 31.2 Å². The third kappa shape index (κ3) is 3.82. The van der Waals surface area contributed by atoms with Gasteiger partial charge in [-0.3, -0.25) is 0 Å². The van der Waals surface area contributed by atoms with E-state index < -0.39 is 5.60 Å². The van der Waals surface area contributed by atoms with Crippen LogP contribution in [0.4, 0.5) is 0 Å². The van der Waals surface area contributed by atoms with Crippen LogP contribution in [0, 0.1) is 11.3 Å². The van der Waals surface area contributed by atoms with Gasteiger partial charge < -0.3 is 9.47 Å². The first-order chi connectivity index (χ1) is 10.6. The standard InChI is InChI=1S/C19H25NO2/c1-4-5-6-8-15-13-17(21-3)16-9-11-19(2,10-7-12-20)22-18(16)14-15/h9,11,13-14H,4-8,10H2,1-3H3. The number of hydrogen-bond acceptors (Lipinski definition) is 3. The Kier molecular flexibility index (Phi) is 5.49. The van der Waals surface area contributed by atoms with Gasteiger partial charge in [0.15, 0.2) is 0 Å². The number of benzene rings is 1. The second kappa shape index (κ2) is 7.35. The summed E-state index contributed by atoms with van der Waals surface area (Å²) < 4.78 is 11.7. The largest absolute Gasteiger partial charge is 0.496 e. The zero-order valence-corrected chi connectivity index (χ0v) is 13.8. The third-order valence-corrected chi connectivity index (χ3v) is 4.13. The van der Waals surface area contributed by atoms with E-state index in [4.69, 9.17) is 14.7 Å². The SMILES string of the molecule is CCCCCc1cc(OC)c2c(c1)OC(C)(CCC#N)C=C2. The van der Waals surface area contributed by atoms with Gasteiger partial charge >= 0.3 is 0 Å². The van der Waals surface area contributed by atoms with Crippen molar-refractivity contribution < 1.29 is 9.47 Å². The third-order valence-electron chi connectivity index (χ3n) is 4.13. The minimum absolute atomic E-state index is 0.407. The fourth-order valence-corrected chi connectivity index (χ4v) is 2.78. The number of aryl methyl sites for hydroxylation is 1. The van der Waals surface area contributed by atoms with Crippen molar-refractivity contribution >= 4 is 6.08 Å². The first kappa shape index (κ1) is 16.4. The second-order valence-electron chi connectivity index (χ2n) is 6.07. The Morgan fingerprint density at radius 3 is 2.82 bits per heavy atom. The smallest absolute Gasteiger partial charge is 0.131 e. The first-order valence-corrected chi connectivity index (χ1v) is 8.08. The molecule has 3 nitrogen and oxygen atoms in total. The molecule has 0 N–H and O–H groups in total. The highest BCUT2D eigenvalue weighted by Crippen LogP contribution is 2.39. The van der Waals surface area contributed by atoms with Gasteiger partial charge in [0, 0.05) is 12.8 Å². The lowest BCUT2D eigenvalue weighted by Crippen LogP contribution is -2.31. The van der Waals surface area contributed by atoms with Crippen LogP contribution < -0.4 is 9.47 Å². The number of rotatable bonds is 7. The summed E-state index contributed by atoms with van der Waals surface area (Å²) in [6.07, 6.45) is 9.95. The van der Waals surface area contributed by atoms with E-state index in [1.165, 1.54) is 24.8 Å². The maximum atomic E-state index is 8.80. The summed E-state index contributed by atoms with van der Waals surface area (Å²) in [6, 6.07) is 6.43. The number of unbranched alkanes of at least 4 members (excludes halogenated alkanes) is 2. The topological polar surface area (TPSA) is 42.2 Å². The molecular formula is C19H25NO2. The summed E-state index contributed by atoms with van der Waals surface area (Å²) in [5.74, 6) is 1.73. The quantitative estimate of drug-likeness (QED) is 0.673. The molecule has 0 saturated heterocycles. The van der Waals surface area contributed by atoms with E-state index >= 15 is 0 Å². The molecule has 22 heavy (non-hydrogen) atoms. The molecule has 118 valence electrons. The maximum absolute atomic E-state index is 8.80. The molecule has 0 saturated carbocycles. The zero-order chi connectivity index (χ0) is 16.0. The van der Waals surface area contributed by atoms with Gasteiger partial charge in [0.2, 0.25) is 0 Å². The molecule has 3 heteroatoms. The molecule has 0 spiro atoms. The van der Waals surface area contributed by atoms with Crippen LogP contribution >= 0.6 is 0 Å². The van der Waals surface area contributed by atoms with E-state index in [1.807, 2.05) is 13.0 Å². The van der Waals surface area contributed by atoms with Gasteiger partial charge in [-0.05, 0) is 49.6 Å². The molecule has 0 aromatic heterocycles. The van der Waals surface area contributed by atoms with Crippen molar-refractivity contribution in [3.05, 3.63) is 29.3 Å². The van der Waals surface area contributed by atoms with Crippen molar-refractivity contribution in [2.45, 2.75) is 58.0 Å². The molecule has 0 amide bonds. The van der Waals surface area contributed by atoms with Crippen molar-refractivity contribution in [2.24, 2.45) is 0 Å². The Morgan fingerprint density at radius 1 is 1.32 bits per heavy atom. The maximum Gasteiger partial charge on any atom is 0.131 e. The first-order valence-electron chi connectivity index (χ1n) is 8.08.